The van der Waals surface area contributed by atoms with Crippen molar-refractivity contribution in [1.82, 2.24) is 0 Å². The lowest BCUT2D eigenvalue weighted by Crippen LogP contribution is -2.20. The Bertz CT molecular complexity index is 671. The number of hydrogen-bond donors (Lipinski definition) is 2. The zero-order chi connectivity index (χ0) is 15.4. The molecule has 5 heteroatoms. The van der Waals surface area contributed by atoms with Crippen LogP contribution in [0.25, 0.3) is 0 Å². The van der Waals surface area contributed by atoms with Crippen molar-refractivity contribution >= 4 is 17.4 Å². The zero-order valence-corrected chi connectivity index (χ0v) is 12.2. The molecule has 0 unspecified atom stereocenters. The Labute approximate surface area is 122 Å². The van der Waals surface area contributed by atoms with Gasteiger partial charge in [0.2, 0.25) is 0 Å². The van der Waals surface area contributed by atoms with Crippen LogP contribution in [-0.2, 0) is 0 Å². The van der Waals surface area contributed by atoms with E-state index in [4.69, 9.17) is 4.74 Å². The van der Waals surface area contributed by atoms with E-state index in [1.807, 2.05) is 13.0 Å². The summed E-state index contributed by atoms with van der Waals surface area (Å²) in [6, 6.07) is 9.17. The zero-order valence-electron chi connectivity index (χ0n) is 12.2. The molecule has 0 radical (unpaired) electrons. The monoisotopic (exact) mass is 288 g/mol. The summed E-state index contributed by atoms with van der Waals surface area (Å²) < 4.78 is 18.3. The number of urea groups is 1. The van der Waals surface area contributed by atoms with Crippen molar-refractivity contribution in [3.05, 3.63) is 53.3 Å². The number of nitrogens with one attached hydrogen (secondary N) is 2. The summed E-state index contributed by atoms with van der Waals surface area (Å²) >= 11 is 0. The Kier molecular flexibility index (Phi) is 4.42. The van der Waals surface area contributed by atoms with E-state index in [2.05, 4.69) is 10.6 Å². The highest BCUT2D eigenvalue weighted by Crippen LogP contribution is 2.22. The number of carbonyl (C=O) groups excluding carboxylic acids is 1. The maximum absolute atomic E-state index is 13.2. The van der Waals surface area contributed by atoms with Crippen molar-refractivity contribution in [2.45, 2.75) is 13.8 Å². The lowest BCUT2D eigenvalue weighted by molar-refractivity contribution is 0.262. The normalized spacial score (nSPS) is 10.1. The van der Waals surface area contributed by atoms with Crippen LogP contribution >= 0.6 is 0 Å². The Morgan fingerprint density at radius 2 is 1.71 bits per heavy atom. The van der Waals surface area contributed by atoms with Crippen molar-refractivity contribution < 1.29 is 13.9 Å². The molecule has 21 heavy (non-hydrogen) atoms. The third-order valence-electron chi connectivity index (χ3n) is 3.13. The van der Waals surface area contributed by atoms with Crippen LogP contribution < -0.4 is 15.4 Å². The number of aryl methyl sites for hydroxylation is 2. The number of rotatable bonds is 3. The first-order valence-corrected chi connectivity index (χ1v) is 6.48. The fourth-order valence-electron chi connectivity index (χ4n) is 1.91. The van der Waals surface area contributed by atoms with E-state index in [-0.39, 0.29) is 0 Å². The molecule has 0 fully saturated rings. The van der Waals surface area contributed by atoms with Gasteiger partial charge in [-0.1, -0.05) is 6.07 Å². The topological polar surface area (TPSA) is 50.4 Å². The minimum Gasteiger partial charge on any atom is -0.497 e. The Balaban J connectivity index is 2.10. The van der Waals surface area contributed by atoms with E-state index in [1.54, 1.807) is 32.2 Å². The molecular formula is C16H17FN2O2. The summed E-state index contributed by atoms with van der Waals surface area (Å²) in [5.74, 6) is 0.330. The van der Waals surface area contributed by atoms with Crippen LogP contribution in [0.3, 0.4) is 0 Å². The number of methoxy groups -OCH3 is 1. The van der Waals surface area contributed by atoms with Gasteiger partial charge in [0.25, 0.3) is 0 Å². The molecule has 0 heterocycles. The van der Waals surface area contributed by atoms with Crippen LogP contribution in [0.15, 0.2) is 36.4 Å². The maximum Gasteiger partial charge on any atom is 0.323 e. The van der Waals surface area contributed by atoms with Crippen LogP contribution in [-0.4, -0.2) is 13.1 Å². The van der Waals surface area contributed by atoms with Crippen molar-refractivity contribution in [2.75, 3.05) is 17.7 Å². The van der Waals surface area contributed by atoms with E-state index >= 15 is 0 Å². The van der Waals surface area contributed by atoms with Gasteiger partial charge in [-0.3, -0.25) is 0 Å². The minimum absolute atomic E-state index is 0.392. The van der Waals surface area contributed by atoms with Gasteiger partial charge in [-0.2, -0.15) is 0 Å². The molecule has 2 N–H and O–H groups in total. The number of carbonyl (C=O) groups is 1. The van der Waals surface area contributed by atoms with Crippen molar-refractivity contribution in [3.63, 3.8) is 0 Å². The third kappa shape index (κ3) is 3.72. The SMILES string of the molecule is COc1ccc(NC(=O)Nc2cc(F)ccc2C)c(C)c1. The average Bonchev–Trinajstić information content (AvgIpc) is 2.45. The molecule has 0 spiro atoms. The quantitative estimate of drug-likeness (QED) is 0.893. The second-order valence-corrected chi connectivity index (χ2v) is 4.72. The lowest BCUT2D eigenvalue weighted by Gasteiger charge is -2.12. The average molecular weight is 288 g/mol. The first-order valence-electron chi connectivity index (χ1n) is 6.48. The van der Waals surface area contributed by atoms with E-state index < -0.39 is 11.8 Å². The molecule has 0 atom stereocenters. The molecule has 0 saturated heterocycles. The molecule has 0 saturated carbocycles. The molecule has 2 rings (SSSR count). The van der Waals surface area contributed by atoms with E-state index in [0.717, 1.165) is 16.9 Å². The van der Waals surface area contributed by atoms with Crippen LogP contribution in [0.4, 0.5) is 20.6 Å². The van der Waals surface area contributed by atoms with Crippen molar-refractivity contribution in [3.8, 4) is 5.75 Å². The van der Waals surface area contributed by atoms with Gasteiger partial charge in [0.05, 0.1) is 7.11 Å². The largest absolute Gasteiger partial charge is 0.497 e. The highest BCUT2D eigenvalue weighted by atomic mass is 19.1. The van der Waals surface area contributed by atoms with Gasteiger partial charge in [0.15, 0.2) is 0 Å². The number of anilines is 2. The lowest BCUT2D eigenvalue weighted by atomic mass is 10.2. The molecule has 2 amide bonds. The van der Waals surface area contributed by atoms with E-state index in [9.17, 15) is 9.18 Å². The first kappa shape index (κ1) is 14.8. The molecular weight excluding hydrogens is 271 g/mol. The molecule has 4 nitrogen and oxygen atoms in total. The van der Waals surface area contributed by atoms with E-state index in [0.29, 0.717) is 11.4 Å². The predicted molar refractivity (Wildman–Crippen MR) is 81.5 cm³/mol. The fourth-order valence-corrected chi connectivity index (χ4v) is 1.91. The Morgan fingerprint density at radius 1 is 1.00 bits per heavy atom. The molecule has 0 aliphatic rings. The molecule has 2 aromatic carbocycles. The summed E-state index contributed by atoms with van der Waals surface area (Å²) in [5, 5.41) is 5.36. The van der Waals surface area contributed by atoms with Crippen molar-refractivity contribution in [2.24, 2.45) is 0 Å². The van der Waals surface area contributed by atoms with E-state index in [1.165, 1.54) is 12.1 Å². The predicted octanol–water partition coefficient (Wildman–Crippen LogP) is 4.10. The summed E-state index contributed by atoms with van der Waals surface area (Å²) in [6.45, 7) is 3.67. The van der Waals surface area contributed by atoms with Gasteiger partial charge >= 0.3 is 6.03 Å². The van der Waals surface area contributed by atoms with Gasteiger partial charge in [0.1, 0.15) is 11.6 Å². The second kappa shape index (κ2) is 6.26. The highest BCUT2D eigenvalue weighted by Gasteiger charge is 2.08. The summed E-state index contributed by atoms with van der Waals surface area (Å²) in [5.41, 5.74) is 2.78. The Hall–Kier alpha value is -2.56. The number of benzene rings is 2. The number of ether oxygens (including phenoxy) is 1. The van der Waals surface area contributed by atoms with Gasteiger partial charge in [-0.05, 0) is 55.3 Å². The standard InChI is InChI=1S/C16H17FN2O2/c1-10-4-5-12(17)9-15(10)19-16(20)18-14-7-6-13(21-3)8-11(14)2/h4-9H,1-3H3,(H2,18,19,20). The summed E-state index contributed by atoms with van der Waals surface area (Å²) in [4.78, 5) is 12.0. The van der Waals surface area contributed by atoms with Crippen LogP contribution in [0.2, 0.25) is 0 Å². The first-order chi connectivity index (χ1) is 9.99. The number of halogens is 1. The Morgan fingerprint density at radius 3 is 2.38 bits per heavy atom. The van der Waals surface area contributed by atoms with Gasteiger partial charge in [0, 0.05) is 11.4 Å². The minimum atomic E-state index is -0.419. The molecule has 0 aliphatic heterocycles. The summed E-state index contributed by atoms with van der Waals surface area (Å²) in [7, 11) is 1.58. The smallest absolute Gasteiger partial charge is 0.323 e. The van der Waals surface area contributed by atoms with Crippen LogP contribution in [0.5, 0.6) is 5.75 Å². The fraction of sp³-hybridized carbons (Fsp3) is 0.188. The maximum atomic E-state index is 13.2. The molecule has 2 aromatic rings. The van der Waals surface area contributed by atoms with Gasteiger partial charge in [-0.25, -0.2) is 9.18 Å². The van der Waals surface area contributed by atoms with Crippen LogP contribution in [0, 0.1) is 19.7 Å². The number of hydrogen-bond acceptors (Lipinski definition) is 2. The summed E-state index contributed by atoms with van der Waals surface area (Å²) in [6.07, 6.45) is 0. The number of amides is 2. The second-order valence-electron chi connectivity index (χ2n) is 4.72. The van der Waals surface area contributed by atoms with Crippen molar-refractivity contribution in [1.29, 1.82) is 0 Å². The molecule has 0 aliphatic carbocycles. The van der Waals surface area contributed by atoms with Gasteiger partial charge in [-0.15, -0.1) is 0 Å². The highest BCUT2D eigenvalue weighted by molar-refractivity contribution is 6.00. The van der Waals surface area contributed by atoms with Gasteiger partial charge < -0.3 is 15.4 Å². The molecule has 110 valence electrons. The molecule has 0 aromatic heterocycles. The molecule has 0 bridgehead atoms. The van der Waals surface area contributed by atoms with Crippen LogP contribution in [0.1, 0.15) is 11.1 Å². The third-order valence-corrected chi connectivity index (χ3v) is 3.13.